The summed E-state index contributed by atoms with van der Waals surface area (Å²) in [6.07, 6.45) is 0. The Morgan fingerprint density at radius 1 is 0.667 bits per heavy atom. The summed E-state index contributed by atoms with van der Waals surface area (Å²) in [5.74, 6) is 0.0752. The quantitative estimate of drug-likeness (QED) is 0.524. The van der Waals surface area contributed by atoms with Gasteiger partial charge in [0, 0.05) is 30.0 Å². The van der Waals surface area contributed by atoms with Crippen molar-refractivity contribution in [1.29, 1.82) is 0 Å². The second-order valence-corrected chi connectivity index (χ2v) is 3.06. The number of hydrogen-bond acceptors (Lipinski definition) is 1. The molecule has 2 aromatic rings. The van der Waals surface area contributed by atoms with Gasteiger partial charge in [0.15, 0.2) is 5.78 Å². The van der Waals surface area contributed by atoms with E-state index in [1.165, 1.54) is 0 Å². The summed E-state index contributed by atoms with van der Waals surface area (Å²) in [4.78, 5) is 11.8. The third-order valence-electron chi connectivity index (χ3n) is 2.07. The number of ketones is 1. The number of benzene rings is 2. The summed E-state index contributed by atoms with van der Waals surface area (Å²) in [6, 6.07) is 18.6. The largest absolute Gasteiger partial charge is 0.289 e. The van der Waals surface area contributed by atoms with Crippen molar-refractivity contribution in [1.82, 2.24) is 0 Å². The van der Waals surface area contributed by atoms with Crippen LogP contribution in [-0.4, -0.2) is 24.6 Å². The molecule has 0 saturated heterocycles. The molecule has 0 aliphatic rings. The Labute approximate surface area is 101 Å². The van der Waals surface area contributed by atoms with Crippen LogP contribution in [-0.2, 0) is 0 Å². The maximum Gasteiger partial charge on any atom is 0.193 e. The van der Waals surface area contributed by atoms with E-state index in [4.69, 9.17) is 0 Å². The molecule has 0 aliphatic carbocycles. The van der Waals surface area contributed by atoms with Crippen molar-refractivity contribution >= 4 is 24.6 Å². The molecule has 0 fully saturated rings. The Morgan fingerprint density at radius 2 is 1.00 bits per heavy atom. The van der Waals surface area contributed by atoms with Crippen LogP contribution in [0.5, 0.6) is 0 Å². The van der Waals surface area contributed by atoms with Crippen LogP contribution in [0.4, 0.5) is 0 Å². The predicted molar refractivity (Wildman–Crippen MR) is 62.1 cm³/mol. The average Bonchev–Trinajstić information content (AvgIpc) is 2.30. The van der Waals surface area contributed by atoms with E-state index in [0.717, 1.165) is 11.1 Å². The maximum atomic E-state index is 11.8. The van der Waals surface area contributed by atoms with Gasteiger partial charge in [-0.3, -0.25) is 4.79 Å². The first-order valence-electron chi connectivity index (χ1n) is 4.53. The molecule has 0 heterocycles. The van der Waals surface area contributed by atoms with Crippen LogP contribution < -0.4 is 0 Å². The predicted octanol–water partition coefficient (Wildman–Crippen LogP) is 2.54. The van der Waals surface area contributed by atoms with Gasteiger partial charge in [-0.05, 0) is 0 Å². The summed E-state index contributed by atoms with van der Waals surface area (Å²) in [5.41, 5.74) is 1.47. The van der Waals surface area contributed by atoms with Crippen LogP contribution in [0.15, 0.2) is 60.7 Å². The Kier molecular flexibility index (Phi) is 4.36. The molecule has 2 heteroatoms. The molecule has 15 heavy (non-hydrogen) atoms. The molecule has 0 aliphatic heterocycles. The van der Waals surface area contributed by atoms with Crippen molar-refractivity contribution in [2.45, 2.75) is 0 Å². The van der Waals surface area contributed by atoms with Gasteiger partial charge in [0.05, 0.1) is 0 Å². The molecular weight excluding hydrogens is 179 g/mol. The van der Waals surface area contributed by atoms with Gasteiger partial charge in [0.2, 0.25) is 0 Å². The van der Waals surface area contributed by atoms with E-state index >= 15 is 0 Å². The first-order chi connectivity index (χ1) is 6.88. The molecule has 0 bridgehead atoms. The molecule has 0 N–H and O–H groups in total. The maximum absolute atomic E-state index is 11.8. The fourth-order valence-corrected chi connectivity index (χ4v) is 1.35. The Balaban J connectivity index is 0.00000112. The van der Waals surface area contributed by atoms with Gasteiger partial charge in [-0.25, -0.2) is 0 Å². The molecule has 0 spiro atoms. The zero-order valence-electron chi connectivity index (χ0n) is 8.68. The van der Waals surface area contributed by atoms with Crippen molar-refractivity contribution < 1.29 is 4.79 Å². The van der Waals surface area contributed by atoms with Gasteiger partial charge in [0.1, 0.15) is 0 Å². The summed E-state index contributed by atoms with van der Waals surface area (Å²) < 4.78 is 0. The zero-order valence-corrected chi connectivity index (χ0v) is 8.68. The minimum Gasteiger partial charge on any atom is -0.289 e. The van der Waals surface area contributed by atoms with Crippen LogP contribution in [0.25, 0.3) is 0 Å². The Morgan fingerprint density at radius 3 is 1.33 bits per heavy atom. The van der Waals surface area contributed by atoms with Crippen molar-refractivity contribution in [3.63, 3.8) is 0 Å². The number of carbonyl (C=O) groups excluding carboxylic acids is 1. The second kappa shape index (κ2) is 5.55. The Bertz CT molecular complexity index is 381. The van der Waals surface area contributed by atoms with Gasteiger partial charge in [-0.15, -0.1) is 0 Å². The molecule has 0 amide bonds. The minimum atomic E-state index is 0. The van der Waals surface area contributed by atoms with Crippen LogP contribution in [0.2, 0.25) is 0 Å². The van der Waals surface area contributed by atoms with Crippen LogP contribution in [0.1, 0.15) is 15.9 Å². The number of hydrogen-bond donors (Lipinski definition) is 0. The van der Waals surface area contributed by atoms with Gasteiger partial charge in [0.25, 0.3) is 0 Å². The van der Waals surface area contributed by atoms with Gasteiger partial charge >= 0.3 is 0 Å². The topological polar surface area (TPSA) is 17.1 Å². The third kappa shape index (κ3) is 2.83. The van der Waals surface area contributed by atoms with Gasteiger partial charge < -0.3 is 0 Å². The Hall–Kier alpha value is -1.29. The standard InChI is InChI=1S/C13H10O.Li/c14-13(11-7-3-1-4-8-11)12-9-5-2-6-10-12;/h1-10H;. The first-order valence-corrected chi connectivity index (χ1v) is 4.53. The average molecular weight is 189 g/mol. The van der Waals surface area contributed by atoms with E-state index in [-0.39, 0.29) is 24.6 Å². The molecule has 0 atom stereocenters. The molecule has 69 valence electrons. The van der Waals surface area contributed by atoms with Crippen molar-refractivity contribution in [2.75, 3.05) is 0 Å². The molecule has 2 rings (SSSR count). The molecular formula is C13H10LiO. The molecule has 2 aromatic carbocycles. The smallest absolute Gasteiger partial charge is 0.193 e. The van der Waals surface area contributed by atoms with E-state index in [1.807, 2.05) is 60.7 Å². The zero-order chi connectivity index (χ0) is 9.80. The van der Waals surface area contributed by atoms with Crippen molar-refractivity contribution in [3.05, 3.63) is 71.8 Å². The van der Waals surface area contributed by atoms with Crippen LogP contribution in [0, 0.1) is 0 Å². The summed E-state index contributed by atoms with van der Waals surface area (Å²) in [7, 11) is 0. The van der Waals surface area contributed by atoms with E-state index < -0.39 is 0 Å². The number of carbonyl (C=O) groups is 1. The van der Waals surface area contributed by atoms with Crippen LogP contribution in [0.3, 0.4) is 0 Å². The number of rotatable bonds is 2. The SMILES string of the molecule is O=C(c1ccccc1)c1ccccc1.[Li]. The monoisotopic (exact) mass is 189 g/mol. The van der Waals surface area contributed by atoms with E-state index in [0.29, 0.717) is 0 Å². The molecule has 0 aromatic heterocycles. The van der Waals surface area contributed by atoms with E-state index in [9.17, 15) is 4.79 Å². The summed E-state index contributed by atoms with van der Waals surface area (Å²) >= 11 is 0. The van der Waals surface area contributed by atoms with E-state index in [1.54, 1.807) is 0 Å². The second-order valence-electron chi connectivity index (χ2n) is 3.06. The van der Waals surface area contributed by atoms with E-state index in [2.05, 4.69) is 0 Å². The summed E-state index contributed by atoms with van der Waals surface area (Å²) in [5, 5.41) is 0. The first kappa shape index (κ1) is 11.8. The molecule has 1 radical (unpaired) electrons. The summed E-state index contributed by atoms with van der Waals surface area (Å²) in [6.45, 7) is 0. The molecule has 0 saturated carbocycles. The van der Waals surface area contributed by atoms with Gasteiger partial charge in [-0.2, -0.15) is 0 Å². The minimum absolute atomic E-state index is 0. The molecule has 1 nitrogen and oxygen atoms in total. The van der Waals surface area contributed by atoms with Crippen molar-refractivity contribution in [2.24, 2.45) is 0 Å². The normalized spacial score (nSPS) is 9.07. The fraction of sp³-hybridized carbons (Fsp3) is 0. The molecule has 0 unspecified atom stereocenters. The third-order valence-corrected chi connectivity index (χ3v) is 2.07. The fourth-order valence-electron chi connectivity index (χ4n) is 1.35. The van der Waals surface area contributed by atoms with Crippen molar-refractivity contribution in [3.8, 4) is 0 Å². The van der Waals surface area contributed by atoms with Gasteiger partial charge in [-0.1, -0.05) is 60.7 Å². The van der Waals surface area contributed by atoms with Crippen LogP contribution >= 0.6 is 0 Å².